The van der Waals surface area contributed by atoms with Crippen molar-refractivity contribution in [1.82, 2.24) is 5.32 Å². The Bertz CT molecular complexity index is 156. The first-order valence-electron chi connectivity index (χ1n) is 6.78. The maximum atomic E-state index is 8.55. The summed E-state index contributed by atoms with van der Waals surface area (Å²) < 4.78 is 5.22. The van der Waals surface area contributed by atoms with E-state index in [1.807, 2.05) is 0 Å². The van der Waals surface area contributed by atoms with E-state index in [0.717, 1.165) is 19.1 Å². The smallest absolute Gasteiger partial charge is 0.0698 e. The average Bonchev–Trinajstić information content (AvgIpc) is 2.31. The first-order valence-corrected chi connectivity index (χ1v) is 6.78. The van der Waals surface area contributed by atoms with Gasteiger partial charge in [0.15, 0.2) is 0 Å². The van der Waals surface area contributed by atoms with Crippen molar-refractivity contribution in [1.29, 1.82) is 0 Å². The minimum Gasteiger partial charge on any atom is -0.394 e. The molecule has 1 aliphatic carbocycles. The molecule has 1 saturated carbocycles. The summed E-state index contributed by atoms with van der Waals surface area (Å²) in [7, 11) is 0. The van der Waals surface area contributed by atoms with E-state index in [4.69, 9.17) is 9.84 Å². The molecule has 0 aromatic heterocycles. The van der Waals surface area contributed by atoms with Crippen LogP contribution in [0.5, 0.6) is 0 Å². The summed E-state index contributed by atoms with van der Waals surface area (Å²) in [6.45, 7) is 4.51. The molecule has 0 saturated heterocycles. The van der Waals surface area contributed by atoms with Gasteiger partial charge < -0.3 is 15.2 Å². The predicted molar refractivity (Wildman–Crippen MR) is 66.6 cm³/mol. The quantitative estimate of drug-likeness (QED) is 0.625. The van der Waals surface area contributed by atoms with Crippen LogP contribution in [-0.4, -0.2) is 37.5 Å². The van der Waals surface area contributed by atoms with Gasteiger partial charge in [0.1, 0.15) is 0 Å². The van der Waals surface area contributed by atoms with E-state index in [0.29, 0.717) is 12.6 Å². The second kappa shape index (κ2) is 8.97. The SMILES string of the molecule is CCCC1CCC(NCCOCCO)CC1. The van der Waals surface area contributed by atoms with E-state index in [2.05, 4.69) is 12.2 Å². The number of aliphatic hydroxyl groups excluding tert-OH is 1. The lowest BCUT2D eigenvalue weighted by atomic mass is 9.83. The van der Waals surface area contributed by atoms with Crippen molar-refractivity contribution in [3.05, 3.63) is 0 Å². The Hall–Kier alpha value is -0.120. The van der Waals surface area contributed by atoms with E-state index >= 15 is 0 Å². The van der Waals surface area contributed by atoms with Gasteiger partial charge in [0.2, 0.25) is 0 Å². The van der Waals surface area contributed by atoms with Gasteiger partial charge in [-0.15, -0.1) is 0 Å². The zero-order chi connectivity index (χ0) is 11.6. The molecule has 3 heteroatoms. The van der Waals surface area contributed by atoms with Crippen LogP contribution < -0.4 is 5.32 Å². The van der Waals surface area contributed by atoms with E-state index in [1.165, 1.54) is 38.5 Å². The molecule has 0 atom stereocenters. The first-order chi connectivity index (χ1) is 7.86. The van der Waals surface area contributed by atoms with Crippen molar-refractivity contribution in [2.45, 2.75) is 51.5 Å². The highest BCUT2D eigenvalue weighted by atomic mass is 16.5. The minimum atomic E-state index is 0.127. The highest BCUT2D eigenvalue weighted by Gasteiger charge is 2.19. The van der Waals surface area contributed by atoms with E-state index in [-0.39, 0.29) is 6.61 Å². The van der Waals surface area contributed by atoms with E-state index < -0.39 is 0 Å². The van der Waals surface area contributed by atoms with Crippen molar-refractivity contribution in [2.75, 3.05) is 26.4 Å². The zero-order valence-corrected chi connectivity index (χ0v) is 10.6. The van der Waals surface area contributed by atoms with Gasteiger partial charge in [0.05, 0.1) is 19.8 Å². The fourth-order valence-electron chi connectivity index (χ4n) is 2.57. The third-order valence-corrected chi connectivity index (χ3v) is 3.46. The van der Waals surface area contributed by atoms with Crippen molar-refractivity contribution in [2.24, 2.45) is 5.92 Å². The molecule has 0 heterocycles. The maximum Gasteiger partial charge on any atom is 0.0698 e. The third kappa shape index (κ3) is 5.83. The van der Waals surface area contributed by atoms with Crippen molar-refractivity contribution in [3.8, 4) is 0 Å². The minimum absolute atomic E-state index is 0.127. The highest BCUT2D eigenvalue weighted by Crippen LogP contribution is 2.27. The normalized spacial score (nSPS) is 25.9. The van der Waals surface area contributed by atoms with E-state index in [9.17, 15) is 0 Å². The number of hydrogen-bond donors (Lipinski definition) is 2. The van der Waals surface area contributed by atoms with Crippen LogP contribution in [-0.2, 0) is 4.74 Å². The summed E-state index contributed by atoms with van der Waals surface area (Å²) in [5.41, 5.74) is 0. The molecule has 0 aromatic carbocycles. The number of nitrogens with one attached hydrogen (secondary N) is 1. The monoisotopic (exact) mass is 229 g/mol. The standard InChI is InChI=1S/C13H27NO2/c1-2-3-12-4-6-13(7-5-12)14-8-10-16-11-9-15/h12-15H,2-11H2,1H3. The number of aliphatic hydroxyl groups is 1. The van der Waals surface area contributed by atoms with Gasteiger partial charge in [-0.3, -0.25) is 0 Å². The zero-order valence-electron chi connectivity index (χ0n) is 10.6. The lowest BCUT2D eigenvalue weighted by molar-refractivity contribution is 0.0912. The van der Waals surface area contributed by atoms with Gasteiger partial charge in [-0.05, 0) is 31.6 Å². The Morgan fingerprint density at radius 2 is 1.94 bits per heavy atom. The van der Waals surface area contributed by atoms with Crippen LogP contribution in [0.3, 0.4) is 0 Å². The molecule has 0 amide bonds. The molecule has 0 radical (unpaired) electrons. The molecule has 1 fully saturated rings. The summed E-state index contributed by atoms with van der Waals surface area (Å²) in [6.07, 6.45) is 8.17. The van der Waals surface area contributed by atoms with Gasteiger partial charge >= 0.3 is 0 Å². The molecule has 1 rings (SSSR count). The topological polar surface area (TPSA) is 41.5 Å². The van der Waals surface area contributed by atoms with E-state index in [1.54, 1.807) is 0 Å². The van der Waals surface area contributed by atoms with Crippen LogP contribution in [0.4, 0.5) is 0 Å². The molecule has 0 aromatic rings. The van der Waals surface area contributed by atoms with Gasteiger partial charge in [0, 0.05) is 12.6 Å². The first kappa shape index (κ1) is 13.9. The second-order valence-corrected chi connectivity index (χ2v) is 4.80. The van der Waals surface area contributed by atoms with Crippen LogP contribution in [0.1, 0.15) is 45.4 Å². The van der Waals surface area contributed by atoms with Gasteiger partial charge in [-0.2, -0.15) is 0 Å². The van der Waals surface area contributed by atoms with Crippen LogP contribution >= 0.6 is 0 Å². The average molecular weight is 229 g/mol. The molecular weight excluding hydrogens is 202 g/mol. The maximum absolute atomic E-state index is 8.55. The molecular formula is C13H27NO2. The molecule has 0 aliphatic heterocycles. The van der Waals surface area contributed by atoms with Crippen molar-refractivity contribution in [3.63, 3.8) is 0 Å². The summed E-state index contributed by atoms with van der Waals surface area (Å²) in [5.74, 6) is 0.980. The lowest BCUT2D eigenvalue weighted by Gasteiger charge is -2.29. The number of rotatable bonds is 8. The predicted octanol–water partition coefficient (Wildman–Crippen LogP) is 1.94. The van der Waals surface area contributed by atoms with Crippen molar-refractivity contribution >= 4 is 0 Å². The summed E-state index contributed by atoms with van der Waals surface area (Å²) in [6, 6.07) is 0.700. The van der Waals surface area contributed by atoms with Crippen LogP contribution in [0, 0.1) is 5.92 Å². The van der Waals surface area contributed by atoms with Crippen LogP contribution in [0.25, 0.3) is 0 Å². The second-order valence-electron chi connectivity index (χ2n) is 4.80. The van der Waals surface area contributed by atoms with Crippen LogP contribution in [0.2, 0.25) is 0 Å². The fraction of sp³-hybridized carbons (Fsp3) is 1.00. The molecule has 2 N–H and O–H groups in total. The molecule has 16 heavy (non-hydrogen) atoms. The molecule has 0 spiro atoms. The Morgan fingerprint density at radius 3 is 2.56 bits per heavy atom. The van der Waals surface area contributed by atoms with Crippen LogP contribution in [0.15, 0.2) is 0 Å². The van der Waals surface area contributed by atoms with Gasteiger partial charge in [0.25, 0.3) is 0 Å². The summed E-state index contributed by atoms with van der Waals surface area (Å²) >= 11 is 0. The summed E-state index contributed by atoms with van der Waals surface area (Å²) in [5, 5.41) is 12.1. The summed E-state index contributed by atoms with van der Waals surface area (Å²) in [4.78, 5) is 0. The highest BCUT2D eigenvalue weighted by molar-refractivity contribution is 4.76. The molecule has 0 unspecified atom stereocenters. The van der Waals surface area contributed by atoms with Gasteiger partial charge in [-0.25, -0.2) is 0 Å². The molecule has 1 aliphatic rings. The largest absolute Gasteiger partial charge is 0.394 e. The lowest BCUT2D eigenvalue weighted by Crippen LogP contribution is -2.35. The Labute approximate surface area is 99.6 Å². The Balaban J connectivity index is 1.95. The Morgan fingerprint density at radius 1 is 1.19 bits per heavy atom. The number of hydrogen-bond acceptors (Lipinski definition) is 3. The molecule has 3 nitrogen and oxygen atoms in total. The number of ether oxygens (including phenoxy) is 1. The Kier molecular flexibility index (Phi) is 7.81. The molecule has 96 valence electrons. The van der Waals surface area contributed by atoms with Gasteiger partial charge in [-0.1, -0.05) is 19.8 Å². The molecule has 0 bridgehead atoms. The van der Waals surface area contributed by atoms with Crippen molar-refractivity contribution < 1.29 is 9.84 Å². The third-order valence-electron chi connectivity index (χ3n) is 3.46. The fourth-order valence-corrected chi connectivity index (χ4v) is 2.57.